The number of halogens is 2. The molecule has 1 amide bonds. The zero-order valence-corrected chi connectivity index (χ0v) is 25.1. The van der Waals surface area contributed by atoms with E-state index >= 15 is 0 Å². The average Bonchev–Trinajstić information content (AvgIpc) is 3.37. The number of amides is 1. The van der Waals surface area contributed by atoms with E-state index in [0.29, 0.717) is 35.5 Å². The molecule has 0 saturated carbocycles. The van der Waals surface area contributed by atoms with Gasteiger partial charge in [0.15, 0.2) is 11.6 Å². The maximum absolute atomic E-state index is 14.1. The van der Waals surface area contributed by atoms with E-state index in [-0.39, 0.29) is 38.3 Å². The Bertz CT molecular complexity index is 1440. The van der Waals surface area contributed by atoms with E-state index in [1.165, 1.54) is 12.1 Å². The number of aliphatic imine (C=N–C) groups is 1. The predicted molar refractivity (Wildman–Crippen MR) is 161 cm³/mol. The van der Waals surface area contributed by atoms with Gasteiger partial charge in [-0.25, -0.2) is 13.8 Å². The SMILES string of the molecule is CC(C)(C)OC(=O)CC[C@@]1(C(=O)NCCc2cc(F)cc(F)c2)N=C(c2ccc(OCCCO)cc2)O[C@@H]1c1ccccc1. The molecule has 2 atom stereocenters. The molecule has 8 nitrogen and oxygen atoms in total. The van der Waals surface area contributed by atoms with Crippen molar-refractivity contribution in [1.82, 2.24) is 5.32 Å². The minimum Gasteiger partial charge on any atom is -0.494 e. The van der Waals surface area contributed by atoms with Crippen LogP contribution in [0.15, 0.2) is 77.8 Å². The molecule has 1 heterocycles. The number of carbonyl (C=O) groups excluding carboxylic acids is 2. The summed E-state index contributed by atoms with van der Waals surface area (Å²) >= 11 is 0. The number of aliphatic hydroxyl groups excluding tert-OH is 1. The van der Waals surface area contributed by atoms with E-state index in [1.807, 2.05) is 30.3 Å². The third-order valence-corrected chi connectivity index (χ3v) is 6.88. The second kappa shape index (κ2) is 14.4. The Kier molecular flexibility index (Phi) is 10.7. The Balaban J connectivity index is 1.66. The van der Waals surface area contributed by atoms with Gasteiger partial charge < -0.3 is 24.6 Å². The van der Waals surface area contributed by atoms with E-state index < -0.39 is 40.8 Å². The van der Waals surface area contributed by atoms with Crippen molar-refractivity contribution in [3.05, 3.63) is 101 Å². The molecule has 234 valence electrons. The first-order chi connectivity index (χ1) is 21.0. The Morgan fingerprint density at radius 2 is 1.70 bits per heavy atom. The van der Waals surface area contributed by atoms with Crippen LogP contribution in [0.2, 0.25) is 0 Å². The zero-order valence-electron chi connectivity index (χ0n) is 25.1. The molecule has 2 N–H and O–H groups in total. The predicted octanol–water partition coefficient (Wildman–Crippen LogP) is 5.46. The Morgan fingerprint density at radius 3 is 2.34 bits per heavy atom. The molecule has 4 rings (SSSR count). The quantitative estimate of drug-likeness (QED) is 0.197. The molecule has 1 aliphatic rings. The van der Waals surface area contributed by atoms with E-state index in [2.05, 4.69) is 5.32 Å². The molecule has 0 radical (unpaired) electrons. The van der Waals surface area contributed by atoms with Crippen LogP contribution in [-0.2, 0) is 25.5 Å². The number of esters is 1. The van der Waals surface area contributed by atoms with Crippen LogP contribution in [0.4, 0.5) is 8.78 Å². The molecule has 0 aromatic heterocycles. The summed E-state index contributed by atoms with van der Waals surface area (Å²) in [6.45, 7) is 5.75. The first-order valence-electron chi connectivity index (χ1n) is 14.6. The Hall–Kier alpha value is -4.31. The zero-order chi connectivity index (χ0) is 31.7. The fraction of sp³-hybridized carbons (Fsp3) is 0.382. The molecule has 0 aliphatic carbocycles. The minimum absolute atomic E-state index is 0.0201. The van der Waals surface area contributed by atoms with E-state index in [1.54, 1.807) is 45.0 Å². The normalized spacial score (nSPS) is 17.9. The van der Waals surface area contributed by atoms with Gasteiger partial charge in [0.2, 0.25) is 5.90 Å². The van der Waals surface area contributed by atoms with Crippen LogP contribution < -0.4 is 10.1 Å². The number of benzene rings is 3. The van der Waals surface area contributed by atoms with E-state index in [9.17, 15) is 18.4 Å². The summed E-state index contributed by atoms with van der Waals surface area (Å²) in [6, 6.07) is 19.4. The van der Waals surface area contributed by atoms with Gasteiger partial charge in [-0.05, 0) is 81.1 Å². The van der Waals surface area contributed by atoms with Crippen LogP contribution in [0.1, 0.15) is 62.8 Å². The van der Waals surface area contributed by atoms with Crippen LogP contribution in [0, 0.1) is 11.6 Å². The van der Waals surface area contributed by atoms with Crippen molar-refractivity contribution in [3.63, 3.8) is 0 Å². The lowest BCUT2D eigenvalue weighted by Gasteiger charge is -2.31. The molecule has 0 spiro atoms. The van der Waals surface area contributed by atoms with Crippen molar-refractivity contribution in [1.29, 1.82) is 0 Å². The number of rotatable bonds is 13. The molecule has 0 bridgehead atoms. The monoisotopic (exact) mass is 608 g/mol. The van der Waals surface area contributed by atoms with Gasteiger partial charge in [-0.1, -0.05) is 30.3 Å². The highest BCUT2D eigenvalue weighted by Gasteiger charge is 2.53. The van der Waals surface area contributed by atoms with Crippen LogP contribution in [0.25, 0.3) is 0 Å². The van der Waals surface area contributed by atoms with Gasteiger partial charge in [-0.2, -0.15) is 0 Å². The standard InChI is InChI=1S/C34H38F2N2O6/c1-33(2,3)44-29(40)14-16-34(32(41)37-17-15-23-20-26(35)22-27(36)21-23)30(24-8-5-4-6-9-24)43-31(38-34)25-10-12-28(13-11-25)42-19-7-18-39/h4-6,8-13,20-22,30,39H,7,14-19H2,1-3H3,(H,37,41)/t30-,34-/m1/s1. The van der Waals surface area contributed by atoms with E-state index in [0.717, 1.165) is 6.07 Å². The topological polar surface area (TPSA) is 106 Å². The Morgan fingerprint density at radius 1 is 1.02 bits per heavy atom. The summed E-state index contributed by atoms with van der Waals surface area (Å²) in [6.07, 6.45) is -0.337. The lowest BCUT2D eigenvalue weighted by molar-refractivity contribution is -0.155. The molecule has 0 saturated heterocycles. The van der Waals surface area contributed by atoms with Crippen molar-refractivity contribution >= 4 is 17.8 Å². The summed E-state index contributed by atoms with van der Waals surface area (Å²) in [5, 5.41) is 11.9. The highest BCUT2D eigenvalue weighted by atomic mass is 19.1. The lowest BCUT2D eigenvalue weighted by Crippen LogP contribution is -2.49. The van der Waals surface area contributed by atoms with Crippen LogP contribution in [-0.4, -0.2) is 53.8 Å². The smallest absolute Gasteiger partial charge is 0.306 e. The number of hydrogen-bond donors (Lipinski definition) is 2. The number of ether oxygens (including phenoxy) is 3. The van der Waals surface area contributed by atoms with Crippen LogP contribution in [0.3, 0.4) is 0 Å². The van der Waals surface area contributed by atoms with Gasteiger partial charge in [-0.15, -0.1) is 0 Å². The number of nitrogens with zero attached hydrogens (tertiary/aromatic N) is 1. The first-order valence-corrected chi connectivity index (χ1v) is 14.6. The summed E-state index contributed by atoms with van der Waals surface area (Å²) in [5.41, 5.74) is -0.604. The van der Waals surface area contributed by atoms with Crippen LogP contribution >= 0.6 is 0 Å². The van der Waals surface area contributed by atoms with Gasteiger partial charge in [0.05, 0.1) is 6.61 Å². The number of aliphatic hydroxyl groups is 1. The molecule has 44 heavy (non-hydrogen) atoms. The highest BCUT2D eigenvalue weighted by molar-refractivity contribution is 6.01. The number of nitrogens with one attached hydrogen (secondary N) is 1. The molecule has 3 aromatic rings. The summed E-state index contributed by atoms with van der Waals surface area (Å²) in [7, 11) is 0. The minimum atomic E-state index is -1.56. The summed E-state index contributed by atoms with van der Waals surface area (Å²) < 4.78 is 45.0. The molecule has 0 fully saturated rings. The van der Waals surface area contributed by atoms with Gasteiger partial charge in [0.25, 0.3) is 5.91 Å². The molecule has 3 aromatic carbocycles. The average molecular weight is 609 g/mol. The first kappa shape index (κ1) is 32.6. The van der Waals surface area contributed by atoms with Gasteiger partial charge >= 0.3 is 5.97 Å². The maximum Gasteiger partial charge on any atom is 0.306 e. The third-order valence-electron chi connectivity index (χ3n) is 6.88. The van der Waals surface area contributed by atoms with Gasteiger partial charge in [0.1, 0.15) is 23.0 Å². The van der Waals surface area contributed by atoms with Crippen molar-refractivity contribution in [2.45, 2.75) is 63.7 Å². The molecular weight excluding hydrogens is 570 g/mol. The second-order valence-corrected chi connectivity index (χ2v) is 11.6. The Labute approximate surface area is 256 Å². The fourth-order valence-electron chi connectivity index (χ4n) is 4.91. The molecule has 10 heteroatoms. The summed E-state index contributed by atoms with van der Waals surface area (Å²) in [5.74, 6) is -1.57. The van der Waals surface area contributed by atoms with Gasteiger partial charge in [0, 0.05) is 37.6 Å². The maximum atomic E-state index is 14.1. The van der Waals surface area contributed by atoms with Crippen molar-refractivity contribution < 1.29 is 37.7 Å². The fourth-order valence-corrected chi connectivity index (χ4v) is 4.91. The van der Waals surface area contributed by atoms with Crippen LogP contribution in [0.5, 0.6) is 5.75 Å². The number of carbonyl (C=O) groups is 2. The third kappa shape index (κ3) is 8.63. The summed E-state index contributed by atoms with van der Waals surface area (Å²) in [4.78, 5) is 31.8. The highest BCUT2D eigenvalue weighted by Crippen LogP contribution is 2.43. The molecule has 1 aliphatic heterocycles. The largest absolute Gasteiger partial charge is 0.494 e. The molecular formula is C34H38F2N2O6. The van der Waals surface area contributed by atoms with Crippen molar-refractivity contribution in [2.75, 3.05) is 19.8 Å². The number of hydrogen-bond acceptors (Lipinski definition) is 7. The van der Waals surface area contributed by atoms with Gasteiger partial charge in [-0.3, -0.25) is 9.59 Å². The van der Waals surface area contributed by atoms with Crippen molar-refractivity contribution in [2.24, 2.45) is 4.99 Å². The van der Waals surface area contributed by atoms with Crippen molar-refractivity contribution in [3.8, 4) is 5.75 Å². The molecule has 0 unspecified atom stereocenters. The second-order valence-electron chi connectivity index (χ2n) is 11.6. The lowest BCUT2D eigenvalue weighted by atomic mass is 9.83. The van der Waals surface area contributed by atoms with E-state index in [4.69, 9.17) is 24.3 Å².